The van der Waals surface area contributed by atoms with Crippen LogP contribution in [0.15, 0.2) is 18.2 Å². The Labute approximate surface area is 113 Å². The predicted molar refractivity (Wildman–Crippen MR) is 68.9 cm³/mol. The topological polar surface area (TPSA) is 131 Å². The number of nitrogens with zero attached hydrogens (tertiary/aromatic N) is 1. The van der Waals surface area contributed by atoms with E-state index in [1.54, 1.807) is 0 Å². The lowest BCUT2D eigenvalue weighted by Gasteiger charge is -2.12. The molecule has 0 heterocycles. The molecule has 9 nitrogen and oxygen atoms in total. The minimum Gasteiger partial charge on any atom is -0.495 e. The minimum atomic E-state index is -1.20. The summed E-state index contributed by atoms with van der Waals surface area (Å²) in [5.74, 6) is -0.986. The lowest BCUT2D eigenvalue weighted by molar-refractivity contribution is -0.384. The van der Waals surface area contributed by atoms with Gasteiger partial charge in [0.05, 0.1) is 17.7 Å². The van der Waals surface area contributed by atoms with Gasteiger partial charge >= 0.3 is 12.0 Å². The lowest BCUT2D eigenvalue weighted by atomic mass is 10.2. The van der Waals surface area contributed by atoms with E-state index >= 15 is 0 Å². The van der Waals surface area contributed by atoms with Crippen molar-refractivity contribution in [3.8, 4) is 5.75 Å². The van der Waals surface area contributed by atoms with E-state index in [4.69, 9.17) is 9.84 Å². The average molecular weight is 283 g/mol. The Morgan fingerprint density at radius 1 is 1.45 bits per heavy atom. The number of methoxy groups -OCH3 is 1. The number of hydrogen-bond acceptors (Lipinski definition) is 5. The number of nitrogens with one attached hydrogen (secondary N) is 2. The number of carbonyl (C=O) groups excluding carboxylic acids is 1. The van der Waals surface area contributed by atoms with Crippen LogP contribution in [0.4, 0.5) is 16.2 Å². The van der Waals surface area contributed by atoms with Crippen molar-refractivity contribution in [3.63, 3.8) is 0 Å². The second-order valence-electron chi connectivity index (χ2n) is 3.80. The zero-order valence-electron chi connectivity index (χ0n) is 10.7. The molecule has 0 aliphatic carbocycles. The summed E-state index contributed by atoms with van der Waals surface area (Å²) in [6.45, 7) is 1.28. The molecule has 0 aliphatic rings. The zero-order valence-corrected chi connectivity index (χ0v) is 10.7. The van der Waals surface area contributed by atoms with Gasteiger partial charge in [-0.15, -0.1) is 0 Å². The molecule has 1 atom stereocenters. The number of aliphatic carboxylic acids is 1. The summed E-state index contributed by atoms with van der Waals surface area (Å²) in [6.07, 6.45) is 0. The van der Waals surface area contributed by atoms with Crippen molar-refractivity contribution in [3.05, 3.63) is 28.3 Å². The fourth-order valence-corrected chi connectivity index (χ4v) is 1.32. The number of benzene rings is 1. The molecule has 0 bridgehead atoms. The predicted octanol–water partition coefficient (Wildman–Crippen LogP) is 1.20. The number of rotatable bonds is 5. The smallest absolute Gasteiger partial charge is 0.325 e. The standard InChI is InChI=1S/C11H13N3O6/c1-6(10(15)16)12-11(17)13-8-5-7(14(18)19)3-4-9(8)20-2/h3-6H,1-2H3,(H,15,16)(H2,12,13,17)/t6-/m0/s1. The molecule has 2 amide bonds. The largest absolute Gasteiger partial charge is 0.495 e. The normalized spacial score (nSPS) is 11.3. The van der Waals surface area contributed by atoms with E-state index in [0.29, 0.717) is 0 Å². The molecule has 0 aromatic heterocycles. The Bertz CT molecular complexity index is 545. The highest BCUT2D eigenvalue weighted by molar-refractivity contribution is 5.93. The van der Waals surface area contributed by atoms with E-state index in [1.807, 2.05) is 0 Å². The van der Waals surface area contributed by atoms with E-state index in [1.165, 1.54) is 26.2 Å². The van der Waals surface area contributed by atoms with E-state index in [0.717, 1.165) is 6.07 Å². The number of amides is 2. The van der Waals surface area contributed by atoms with Gasteiger partial charge in [-0.05, 0) is 13.0 Å². The van der Waals surface area contributed by atoms with Crippen molar-refractivity contribution in [1.29, 1.82) is 0 Å². The van der Waals surface area contributed by atoms with Crippen molar-refractivity contribution < 1.29 is 24.4 Å². The van der Waals surface area contributed by atoms with E-state index in [-0.39, 0.29) is 17.1 Å². The van der Waals surface area contributed by atoms with E-state index < -0.39 is 23.0 Å². The highest BCUT2D eigenvalue weighted by Crippen LogP contribution is 2.28. The van der Waals surface area contributed by atoms with Crippen LogP contribution in [-0.2, 0) is 4.79 Å². The number of ether oxygens (including phenoxy) is 1. The van der Waals surface area contributed by atoms with Crippen molar-refractivity contribution in [2.24, 2.45) is 0 Å². The van der Waals surface area contributed by atoms with Gasteiger partial charge in [0.15, 0.2) is 0 Å². The molecule has 0 unspecified atom stereocenters. The molecule has 3 N–H and O–H groups in total. The molecule has 9 heteroatoms. The van der Waals surface area contributed by atoms with Crippen molar-refractivity contribution in [2.45, 2.75) is 13.0 Å². The number of urea groups is 1. The third-order valence-electron chi connectivity index (χ3n) is 2.36. The Morgan fingerprint density at radius 2 is 2.10 bits per heavy atom. The fraction of sp³-hybridized carbons (Fsp3) is 0.273. The van der Waals surface area contributed by atoms with Gasteiger partial charge in [-0.1, -0.05) is 0 Å². The van der Waals surface area contributed by atoms with Gasteiger partial charge in [-0.2, -0.15) is 0 Å². The number of hydrogen-bond donors (Lipinski definition) is 3. The number of anilines is 1. The Balaban J connectivity index is 2.89. The number of non-ortho nitro benzene ring substituents is 1. The maximum Gasteiger partial charge on any atom is 0.325 e. The number of carboxylic acid groups (broad SMARTS) is 1. The quantitative estimate of drug-likeness (QED) is 0.549. The van der Waals surface area contributed by atoms with Crippen LogP contribution in [0.25, 0.3) is 0 Å². The van der Waals surface area contributed by atoms with Gasteiger partial charge in [-0.25, -0.2) is 4.79 Å². The van der Waals surface area contributed by atoms with Crippen LogP contribution in [0.3, 0.4) is 0 Å². The summed E-state index contributed by atoms with van der Waals surface area (Å²) in [6, 6.07) is 1.76. The molecule has 0 aliphatic heterocycles. The lowest BCUT2D eigenvalue weighted by Crippen LogP contribution is -2.40. The first-order valence-corrected chi connectivity index (χ1v) is 5.48. The van der Waals surface area contributed by atoms with Crippen LogP contribution in [0, 0.1) is 10.1 Å². The van der Waals surface area contributed by atoms with Crippen LogP contribution in [-0.4, -0.2) is 35.2 Å². The summed E-state index contributed by atoms with van der Waals surface area (Å²) < 4.78 is 4.95. The van der Waals surface area contributed by atoms with Crippen LogP contribution < -0.4 is 15.4 Å². The highest BCUT2D eigenvalue weighted by atomic mass is 16.6. The summed E-state index contributed by atoms with van der Waals surface area (Å²) >= 11 is 0. The summed E-state index contributed by atoms with van der Waals surface area (Å²) in [4.78, 5) is 32.2. The molecule has 108 valence electrons. The maximum absolute atomic E-state index is 11.6. The van der Waals surface area contributed by atoms with Crippen LogP contribution in [0.2, 0.25) is 0 Å². The van der Waals surface area contributed by atoms with Crippen LogP contribution in [0.1, 0.15) is 6.92 Å². The number of nitro groups is 1. The van der Waals surface area contributed by atoms with Gasteiger partial charge in [0.2, 0.25) is 0 Å². The number of carbonyl (C=O) groups is 2. The minimum absolute atomic E-state index is 0.0665. The summed E-state index contributed by atoms with van der Waals surface area (Å²) in [5, 5.41) is 23.8. The molecule has 0 fully saturated rings. The fourth-order valence-electron chi connectivity index (χ4n) is 1.32. The molecule has 1 aromatic rings. The molecule has 20 heavy (non-hydrogen) atoms. The molecular weight excluding hydrogens is 270 g/mol. The summed E-state index contributed by atoms with van der Waals surface area (Å²) in [5.41, 5.74) is -0.163. The van der Waals surface area contributed by atoms with Gasteiger partial charge < -0.3 is 20.5 Å². The maximum atomic E-state index is 11.6. The van der Waals surface area contributed by atoms with Crippen molar-refractivity contribution in [2.75, 3.05) is 12.4 Å². The first-order chi connectivity index (χ1) is 9.35. The molecule has 0 saturated carbocycles. The average Bonchev–Trinajstić information content (AvgIpc) is 2.38. The number of nitro benzene ring substituents is 1. The van der Waals surface area contributed by atoms with Crippen LogP contribution >= 0.6 is 0 Å². The first kappa shape index (κ1) is 15.2. The Hall–Kier alpha value is -2.84. The zero-order chi connectivity index (χ0) is 15.3. The molecular formula is C11H13N3O6. The summed E-state index contributed by atoms with van der Waals surface area (Å²) in [7, 11) is 1.34. The van der Waals surface area contributed by atoms with Crippen molar-refractivity contribution >= 4 is 23.4 Å². The third-order valence-corrected chi connectivity index (χ3v) is 2.36. The van der Waals surface area contributed by atoms with Gasteiger partial charge in [0, 0.05) is 12.1 Å². The third kappa shape index (κ3) is 3.83. The second kappa shape index (κ2) is 6.36. The van der Waals surface area contributed by atoms with E-state index in [2.05, 4.69) is 10.6 Å². The highest BCUT2D eigenvalue weighted by Gasteiger charge is 2.17. The van der Waals surface area contributed by atoms with Gasteiger partial charge in [0.1, 0.15) is 11.8 Å². The molecule has 1 aromatic carbocycles. The second-order valence-corrected chi connectivity index (χ2v) is 3.80. The molecule has 0 spiro atoms. The molecule has 0 saturated heterocycles. The van der Waals surface area contributed by atoms with Gasteiger partial charge in [-0.3, -0.25) is 14.9 Å². The van der Waals surface area contributed by atoms with Crippen LogP contribution in [0.5, 0.6) is 5.75 Å². The monoisotopic (exact) mass is 283 g/mol. The van der Waals surface area contributed by atoms with Crippen molar-refractivity contribution in [1.82, 2.24) is 5.32 Å². The first-order valence-electron chi connectivity index (χ1n) is 5.48. The number of carboxylic acids is 1. The Kier molecular flexibility index (Phi) is 4.84. The van der Waals surface area contributed by atoms with Gasteiger partial charge in [0.25, 0.3) is 5.69 Å². The van der Waals surface area contributed by atoms with E-state index in [9.17, 15) is 19.7 Å². The Morgan fingerprint density at radius 3 is 2.60 bits per heavy atom. The molecule has 1 rings (SSSR count). The SMILES string of the molecule is COc1ccc([N+](=O)[O-])cc1NC(=O)N[C@@H](C)C(=O)O. The molecule has 0 radical (unpaired) electrons.